The molecular weight excluding hydrogens is 369 g/mol. The molecule has 8 nitrogen and oxygen atoms in total. The number of benzene rings is 1. The van der Waals surface area contributed by atoms with Gasteiger partial charge in [0.15, 0.2) is 0 Å². The third kappa shape index (κ3) is 4.99. The molecule has 0 aliphatic rings. The fourth-order valence-corrected chi connectivity index (χ4v) is 2.54. The van der Waals surface area contributed by atoms with Crippen molar-refractivity contribution in [1.29, 1.82) is 0 Å². The van der Waals surface area contributed by atoms with Gasteiger partial charge in [-0.25, -0.2) is 9.18 Å². The molecule has 3 amide bonds. The van der Waals surface area contributed by atoms with E-state index in [2.05, 4.69) is 10.6 Å². The van der Waals surface area contributed by atoms with Gasteiger partial charge in [-0.05, 0) is 44.9 Å². The minimum atomic E-state index is -0.978. The summed E-state index contributed by atoms with van der Waals surface area (Å²) in [5.41, 5.74) is 4.71. The number of alkyl carbamates (subject to hydrolysis) is 1. The number of rotatable bonds is 5. The minimum absolute atomic E-state index is 0.0522. The molecule has 4 N–H and O–H groups in total. The fourth-order valence-electron chi connectivity index (χ4n) is 2.54. The van der Waals surface area contributed by atoms with Crippen molar-refractivity contribution >= 4 is 34.6 Å². The highest BCUT2D eigenvalue weighted by molar-refractivity contribution is 6.11. The van der Waals surface area contributed by atoms with Crippen molar-refractivity contribution in [2.45, 2.75) is 46.3 Å². The van der Waals surface area contributed by atoms with Crippen molar-refractivity contribution in [3.8, 4) is 0 Å². The SMILES string of the molecule is CC(C)C(NC(=O)OC(C)(C)C)C(=O)Nc1c(C(N)=O)oc2ccc(F)cc12. The molecule has 1 atom stereocenters. The lowest BCUT2D eigenvalue weighted by atomic mass is 10.0. The Labute approximate surface area is 161 Å². The predicted molar refractivity (Wildman–Crippen MR) is 101 cm³/mol. The van der Waals surface area contributed by atoms with Gasteiger partial charge in [-0.1, -0.05) is 13.8 Å². The smallest absolute Gasteiger partial charge is 0.408 e. The van der Waals surface area contributed by atoms with Crippen molar-refractivity contribution in [1.82, 2.24) is 5.32 Å². The summed E-state index contributed by atoms with van der Waals surface area (Å²) >= 11 is 0. The van der Waals surface area contributed by atoms with Gasteiger partial charge in [-0.3, -0.25) is 9.59 Å². The Kier molecular flexibility index (Phi) is 5.96. The lowest BCUT2D eigenvalue weighted by molar-refractivity contribution is -0.119. The second kappa shape index (κ2) is 7.87. The van der Waals surface area contributed by atoms with Crippen molar-refractivity contribution in [3.63, 3.8) is 0 Å². The third-order valence-corrected chi connectivity index (χ3v) is 3.74. The normalized spacial score (nSPS) is 12.7. The molecule has 0 saturated heterocycles. The summed E-state index contributed by atoms with van der Waals surface area (Å²) in [4.78, 5) is 36.5. The van der Waals surface area contributed by atoms with Crippen molar-refractivity contribution < 1.29 is 27.9 Å². The molecule has 2 rings (SSSR count). The van der Waals surface area contributed by atoms with Crippen LogP contribution >= 0.6 is 0 Å². The molecule has 0 aliphatic heterocycles. The highest BCUT2D eigenvalue weighted by Gasteiger charge is 2.29. The highest BCUT2D eigenvalue weighted by Crippen LogP contribution is 2.31. The number of amides is 3. The summed E-state index contributed by atoms with van der Waals surface area (Å²) in [5, 5.41) is 5.20. The molecule has 2 aromatic rings. The van der Waals surface area contributed by atoms with E-state index in [0.717, 1.165) is 12.1 Å². The summed E-state index contributed by atoms with van der Waals surface area (Å²) in [6.07, 6.45) is -0.764. The van der Waals surface area contributed by atoms with Gasteiger partial charge in [-0.2, -0.15) is 0 Å². The number of nitrogens with two attached hydrogens (primary N) is 1. The van der Waals surface area contributed by atoms with E-state index in [0.29, 0.717) is 0 Å². The quantitative estimate of drug-likeness (QED) is 0.720. The number of anilines is 1. The molecule has 9 heteroatoms. The van der Waals surface area contributed by atoms with E-state index in [1.165, 1.54) is 6.07 Å². The van der Waals surface area contributed by atoms with Crippen LogP contribution in [0.1, 0.15) is 45.2 Å². The molecule has 0 aliphatic carbocycles. The molecule has 0 radical (unpaired) electrons. The maximum atomic E-state index is 13.6. The van der Waals surface area contributed by atoms with E-state index in [1.54, 1.807) is 34.6 Å². The molecule has 0 spiro atoms. The zero-order chi connectivity index (χ0) is 21.2. The van der Waals surface area contributed by atoms with Crippen LogP contribution in [0.15, 0.2) is 22.6 Å². The van der Waals surface area contributed by atoms with Crippen LogP contribution in [0.3, 0.4) is 0 Å². The van der Waals surface area contributed by atoms with Crippen LogP contribution in [0, 0.1) is 11.7 Å². The van der Waals surface area contributed by atoms with E-state index in [9.17, 15) is 18.8 Å². The lowest BCUT2D eigenvalue weighted by Crippen LogP contribution is -2.48. The van der Waals surface area contributed by atoms with Gasteiger partial charge in [0.25, 0.3) is 5.91 Å². The standard InChI is InChI=1S/C19H24FN3O5/c1-9(2)13(23-18(26)28-19(3,4)5)17(25)22-14-11-8-10(20)6-7-12(11)27-15(14)16(21)24/h6-9,13H,1-5H3,(H2,21,24)(H,22,25)(H,23,26). The summed E-state index contributed by atoms with van der Waals surface area (Å²) < 4.78 is 24.2. The largest absolute Gasteiger partial charge is 0.449 e. The molecular formula is C19H24FN3O5. The molecule has 152 valence electrons. The van der Waals surface area contributed by atoms with Crippen LogP contribution in [-0.2, 0) is 9.53 Å². The number of carbonyl (C=O) groups excluding carboxylic acids is 3. The number of nitrogens with one attached hydrogen (secondary N) is 2. The van der Waals surface area contributed by atoms with Gasteiger partial charge in [0.2, 0.25) is 11.7 Å². The Hall–Kier alpha value is -3.10. The average molecular weight is 393 g/mol. The zero-order valence-electron chi connectivity index (χ0n) is 16.4. The van der Waals surface area contributed by atoms with Crippen LogP contribution in [0.25, 0.3) is 11.0 Å². The fraction of sp³-hybridized carbons (Fsp3) is 0.421. The molecule has 28 heavy (non-hydrogen) atoms. The monoisotopic (exact) mass is 393 g/mol. The second-order valence-electron chi connectivity index (χ2n) is 7.67. The molecule has 1 unspecified atom stereocenters. The Morgan fingerprint density at radius 1 is 1.21 bits per heavy atom. The van der Waals surface area contributed by atoms with E-state index >= 15 is 0 Å². The van der Waals surface area contributed by atoms with E-state index in [-0.39, 0.29) is 28.3 Å². The predicted octanol–water partition coefficient (Wildman–Crippen LogP) is 3.16. The van der Waals surface area contributed by atoms with Crippen LogP contribution in [0.2, 0.25) is 0 Å². The first-order valence-corrected chi connectivity index (χ1v) is 8.71. The van der Waals surface area contributed by atoms with Crippen molar-refractivity contribution in [2.24, 2.45) is 11.7 Å². The third-order valence-electron chi connectivity index (χ3n) is 3.74. The summed E-state index contributed by atoms with van der Waals surface area (Å²) in [7, 11) is 0. The number of primary amides is 1. The summed E-state index contributed by atoms with van der Waals surface area (Å²) in [6.45, 7) is 8.54. The maximum absolute atomic E-state index is 13.6. The molecule has 0 fully saturated rings. The van der Waals surface area contributed by atoms with Crippen molar-refractivity contribution in [3.05, 3.63) is 29.8 Å². The molecule has 0 bridgehead atoms. The van der Waals surface area contributed by atoms with Gasteiger partial charge in [0.1, 0.15) is 28.7 Å². The number of fused-ring (bicyclic) bond motifs is 1. The first kappa shape index (κ1) is 21.2. The highest BCUT2D eigenvalue weighted by atomic mass is 19.1. The van der Waals surface area contributed by atoms with E-state index in [1.807, 2.05) is 0 Å². The Bertz CT molecular complexity index is 914. The van der Waals surface area contributed by atoms with Gasteiger partial charge in [0.05, 0.1) is 0 Å². The topological polar surface area (TPSA) is 124 Å². The summed E-state index contributed by atoms with van der Waals surface area (Å²) in [6, 6.07) is 2.62. The maximum Gasteiger partial charge on any atom is 0.408 e. The Balaban J connectivity index is 2.33. The van der Waals surface area contributed by atoms with E-state index in [4.69, 9.17) is 14.9 Å². The average Bonchev–Trinajstić information content (AvgIpc) is 2.88. The van der Waals surface area contributed by atoms with Gasteiger partial charge in [-0.15, -0.1) is 0 Å². The number of halogens is 1. The molecule has 0 saturated carbocycles. The number of carbonyl (C=O) groups is 3. The Morgan fingerprint density at radius 2 is 1.86 bits per heavy atom. The first-order chi connectivity index (χ1) is 12.9. The van der Waals surface area contributed by atoms with Gasteiger partial charge >= 0.3 is 6.09 Å². The van der Waals surface area contributed by atoms with Gasteiger partial charge in [0, 0.05) is 5.39 Å². The number of hydrogen-bond acceptors (Lipinski definition) is 5. The molecule has 1 aromatic heterocycles. The number of hydrogen-bond donors (Lipinski definition) is 3. The van der Waals surface area contributed by atoms with Crippen LogP contribution in [0.4, 0.5) is 14.9 Å². The number of furan rings is 1. The molecule has 1 heterocycles. The van der Waals surface area contributed by atoms with Crippen LogP contribution < -0.4 is 16.4 Å². The molecule has 1 aromatic carbocycles. The summed E-state index contributed by atoms with van der Waals surface area (Å²) in [5.74, 6) is -2.75. The van der Waals surface area contributed by atoms with Crippen molar-refractivity contribution in [2.75, 3.05) is 5.32 Å². The number of ether oxygens (including phenoxy) is 1. The van der Waals surface area contributed by atoms with Crippen LogP contribution in [-0.4, -0.2) is 29.6 Å². The van der Waals surface area contributed by atoms with E-state index < -0.39 is 35.4 Å². The first-order valence-electron chi connectivity index (χ1n) is 8.71. The van der Waals surface area contributed by atoms with Gasteiger partial charge < -0.3 is 25.5 Å². The minimum Gasteiger partial charge on any atom is -0.449 e. The zero-order valence-corrected chi connectivity index (χ0v) is 16.4. The van der Waals surface area contributed by atoms with Crippen LogP contribution in [0.5, 0.6) is 0 Å². The Morgan fingerprint density at radius 3 is 2.39 bits per heavy atom. The lowest BCUT2D eigenvalue weighted by Gasteiger charge is -2.25. The second-order valence-corrected chi connectivity index (χ2v) is 7.67.